The van der Waals surface area contributed by atoms with Crippen molar-refractivity contribution >= 4 is 50.5 Å². The number of nitro groups is 1. The standard InChI is InChI=1S/C15H12BrN3O3S/c1-9-7-12(19(21)22)5-6-13(9)17-15(23)18-14(20)10-3-2-4-11(16)8-10/h2-8H,1H3,(H2,17,18,20,23). The molecule has 0 aromatic heterocycles. The molecule has 1 amide bonds. The summed E-state index contributed by atoms with van der Waals surface area (Å²) in [6.45, 7) is 1.72. The van der Waals surface area contributed by atoms with Crippen LogP contribution in [-0.2, 0) is 0 Å². The highest BCUT2D eigenvalue weighted by Gasteiger charge is 2.11. The van der Waals surface area contributed by atoms with E-state index in [9.17, 15) is 14.9 Å². The number of hydrogen-bond donors (Lipinski definition) is 2. The van der Waals surface area contributed by atoms with E-state index in [1.807, 2.05) is 6.07 Å². The van der Waals surface area contributed by atoms with Crippen molar-refractivity contribution in [1.82, 2.24) is 5.32 Å². The van der Waals surface area contributed by atoms with Crippen molar-refractivity contribution in [2.75, 3.05) is 5.32 Å². The van der Waals surface area contributed by atoms with Gasteiger partial charge in [-0.15, -0.1) is 0 Å². The van der Waals surface area contributed by atoms with Gasteiger partial charge in [0.15, 0.2) is 5.11 Å². The Hall–Kier alpha value is -2.32. The van der Waals surface area contributed by atoms with Gasteiger partial charge in [-0.2, -0.15) is 0 Å². The van der Waals surface area contributed by atoms with E-state index in [4.69, 9.17) is 12.2 Å². The monoisotopic (exact) mass is 393 g/mol. The number of amides is 1. The van der Waals surface area contributed by atoms with Crippen LogP contribution in [0.1, 0.15) is 15.9 Å². The minimum atomic E-state index is -0.468. The van der Waals surface area contributed by atoms with Crippen LogP contribution in [-0.4, -0.2) is 15.9 Å². The summed E-state index contributed by atoms with van der Waals surface area (Å²) in [5.74, 6) is -0.344. The Balaban J connectivity index is 2.05. The van der Waals surface area contributed by atoms with Gasteiger partial charge in [0.05, 0.1) is 4.92 Å². The third-order valence-corrected chi connectivity index (χ3v) is 3.68. The highest BCUT2D eigenvalue weighted by atomic mass is 79.9. The molecule has 0 aliphatic heterocycles. The van der Waals surface area contributed by atoms with Crippen LogP contribution < -0.4 is 10.6 Å². The Labute approximate surface area is 146 Å². The van der Waals surface area contributed by atoms with Crippen LogP contribution >= 0.6 is 28.1 Å². The number of nitro benzene ring substituents is 1. The number of rotatable bonds is 3. The van der Waals surface area contributed by atoms with Gasteiger partial charge in [0.2, 0.25) is 0 Å². The van der Waals surface area contributed by atoms with E-state index in [0.717, 1.165) is 4.47 Å². The van der Waals surface area contributed by atoms with Gasteiger partial charge < -0.3 is 5.32 Å². The average molecular weight is 394 g/mol. The van der Waals surface area contributed by atoms with E-state index in [1.54, 1.807) is 31.2 Å². The van der Waals surface area contributed by atoms with Crippen LogP contribution in [0.25, 0.3) is 0 Å². The van der Waals surface area contributed by atoms with E-state index in [-0.39, 0.29) is 16.7 Å². The topological polar surface area (TPSA) is 84.3 Å². The lowest BCUT2D eigenvalue weighted by Crippen LogP contribution is -2.34. The van der Waals surface area contributed by atoms with Crippen LogP contribution in [0.5, 0.6) is 0 Å². The van der Waals surface area contributed by atoms with Gasteiger partial charge in [-0.25, -0.2) is 0 Å². The first-order valence-electron chi connectivity index (χ1n) is 6.50. The molecule has 0 aliphatic carbocycles. The molecule has 8 heteroatoms. The largest absolute Gasteiger partial charge is 0.332 e. The number of non-ortho nitro benzene ring substituents is 1. The van der Waals surface area contributed by atoms with E-state index in [1.165, 1.54) is 12.1 Å². The zero-order valence-electron chi connectivity index (χ0n) is 12.0. The molecular weight excluding hydrogens is 382 g/mol. The third kappa shape index (κ3) is 4.57. The number of aryl methyl sites for hydroxylation is 1. The number of anilines is 1. The molecule has 0 saturated heterocycles. The molecule has 0 fully saturated rings. The summed E-state index contributed by atoms with van der Waals surface area (Å²) in [6.07, 6.45) is 0. The van der Waals surface area contributed by atoms with Crippen LogP contribution in [0.2, 0.25) is 0 Å². The second-order valence-electron chi connectivity index (χ2n) is 4.67. The molecule has 2 N–H and O–H groups in total. The van der Waals surface area contributed by atoms with Gasteiger partial charge in [0, 0.05) is 27.9 Å². The molecule has 0 heterocycles. The molecule has 2 aromatic carbocycles. The van der Waals surface area contributed by atoms with Gasteiger partial charge in [-0.1, -0.05) is 22.0 Å². The van der Waals surface area contributed by atoms with E-state index in [2.05, 4.69) is 26.6 Å². The number of halogens is 1. The number of carbonyl (C=O) groups excluding carboxylic acids is 1. The highest BCUT2D eigenvalue weighted by Crippen LogP contribution is 2.21. The Morgan fingerprint density at radius 1 is 1.26 bits per heavy atom. The van der Waals surface area contributed by atoms with E-state index >= 15 is 0 Å². The van der Waals surface area contributed by atoms with E-state index in [0.29, 0.717) is 16.8 Å². The number of benzene rings is 2. The molecule has 118 valence electrons. The molecule has 0 saturated carbocycles. The molecule has 0 aliphatic rings. The molecule has 2 rings (SSSR count). The third-order valence-electron chi connectivity index (χ3n) is 2.98. The van der Waals surface area contributed by atoms with E-state index < -0.39 is 4.92 Å². The Morgan fingerprint density at radius 3 is 2.61 bits per heavy atom. The summed E-state index contributed by atoms with van der Waals surface area (Å²) in [5.41, 5.74) is 1.70. The Kier molecular flexibility index (Phi) is 5.41. The summed E-state index contributed by atoms with van der Waals surface area (Å²) in [6, 6.07) is 11.2. The molecular formula is C15H12BrN3O3S. The summed E-state index contributed by atoms with van der Waals surface area (Å²) < 4.78 is 0.787. The fourth-order valence-electron chi connectivity index (χ4n) is 1.86. The summed E-state index contributed by atoms with van der Waals surface area (Å²) in [7, 11) is 0. The van der Waals surface area contributed by atoms with Crippen molar-refractivity contribution in [2.45, 2.75) is 6.92 Å². The smallest absolute Gasteiger partial charge is 0.269 e. The van der Waals surface area contributed by atoms with Gasteiger partial charge in [0.1, 0.15) is 0 Å². The van der Waals surface area contributed by atoms with Gasteiger partial charge >= 0.3 is 0 Å². The Bertz CT molecular complexity index is 795. The summed E-state index contributed by atoms with van der Waals surface area (Å²) in [5, 5.41) is 16.3. The highest BCUT2D eigenvalue weighted by molar-refractivity contribution is 9.10. The maximum atomic E-state index is 12.1. The SMILES string of the molecule is Cc1cc([N+](=O)[O-])ccc1NC(=S)NC(=O)c1cccc(Br)c1. The van der Waals surface area contributed by atoms with Gasteiger partial charge in [0.25, 0.3) is 11.6 Å². The average Bonchev–Trinajstić information content (AvgIpc) is 2.49. The summed E-state index contributed by atoms with van der Waals surface area (Å²) in [4.78, 5) is 22.3. The molecule has 6 nitrogen and oxygen atoms in total. The van der Waals surface area contributed by atoms with Crippen molar-refractivity contribution < 1.29 is 9.72 Å². The first kappa shape index (κ1) is 17.0. The predicted octanol–water partition coefficient (Wildman–Crippen LogP) is 3.79. The van der Waals surface area contributed by atoms with Crippen molar-refractivity contribution in [3.05, 3.63) is 68.2 Å². The van der Waals surface area contributed by atoms with Crippen molar-refractivity contribution in [2.24, 2.45) is 0 Å². The van der Waals surface area contributed by atoms with Gasteiger partial charge in [-0.05, 0) is 49.0 Å². The first-order chi connectivity index (χ1) is 10.9. The fourth-order valence-corrected chi connectivity index (χ4v) is 2.46. The number of nitrogens with zero attached hydrogens (tertiary/aromatic N) is 1. The second-order valence-corrected chi connectivity index (χ2v) is 6.00. The molecule has 0 bridgehead atoms. The number of hydrogen-bond acceptors (Lipinski definition) is 4. The molecule has 0 radical (unpaired) electrons. The maximum absolute atomic E-state index is 12.1. The minimum Gasteiger partial charge on any atom is -0.332 e. The van der Waals surface area contributed by atoms with Crippen molar-refractivity contribution in [1.29, 1.82) is 0 Å². The number of carbonyl (C=O) groups is 1. The lowest BCUT2D eigenvalue weighted by molar-refractivity contribution is -0.384. The van der Waals surface area contributed by atoms with Crippen LogP contribution in [0, 0.1) is 17.0 Å². The zero-order valence-corrected chi connectivity index (χ0v) is 14.4. The van der Waals surface area contributed by atoms with Gasteiger partial charge in [-0.3, -0.25) is 20.2 Å². The zero-order chi connectivity index (χ0) is 17.0. The molecule has 0 spiro atoms. The van der Waals surface area contributed by atoms with Crippen molar-refractivity contribution in [3.8, 4) is 0 Å². The lowest BCUT2D eigenvalue weighted by atomic mass is 10.2. The van der Waals surface area contributed by atoms with Crippen LogP contribution in [0.15, 0.2) is 46.9 Å². The quantitative estimate of drug-likeness (QED) is 0.470. The predicted molar refractivity (Wildman–Crippen MR) is 95.7 cm³/mol. The Morgan fingerprint density at radius 2 is 2.00 bits per heavy atom. The normalized spacial score (nSPS) is 10.0. The second kappa shape index (κ2) is 7.30. The number of nitrogens with one attached hydrogen (secondary N) is 2. The minimum absolute atomic E-state index is 0.00265. The molecule has 0 unspecified atom stereocenters. The summed E-state index contributed by atoms with van der Waals surface area (Å²) >= 11 is 8.40. The lowest BCUT2D eigenvalue weighted by Gasteiger charge is -2.11. The van der Waals surface area contributed by atoms with Crippen LogP contribution in [0.3, 0.4) is 0 Å². The number of thiocarbonyl (C=S) groups is 1. The molecule has 0 atom stereocenters. The van der Waals surface area contributed by atoms with Crippen molar-refractivity contribution in [3.63, 3.8) is 0 Å². The first-order valence-corrected chi connectivity index (χ1v) is 7.70. The fraction of sp³-hybridized carbons (Fsp3) is 0.0667. The molecule has 2 aromatic rings. The maximum Gasteiger partial charge on any atom is 0.269 e. The van der Waals surface area contributed by atoms with Crippen LogP contribution in [0.4, 0.5) is 11.4 Å². The molecule has 23 heavy (non-hydrogen) atoms.